The van der Waals surface area contributed by atoms with Crippen molar-refractivity contribution in [3.8, 4) is 0 Å². The van der Waals surface area contributed by atoms with Gasteiger partial charge in [0.15, 0.2) is 0 Å². The van der Waals surface area contributed by atoms with E-state index in [9.17, 15) is 0 Å². The number of hydrogen-bond donors (Lipinski definition) is 1. The summed E-state index contributed by atoms with van der Waals surface area (Å²) < 4.78 is 0. The summed E-state index contributed by atoms with van der Waals surface area (Å²) in [5, 5.41) is 3.65. The molecule has 1 unspecified atom stereocenters. The quantitative estimate of drug-likeness (QED) is 0.725. The van der Waals surface area contributed by atoms with Crippen molar-refractivity contribution in [2.45, 2.75) is 45.1 Å². The molecule has 0 spiro atoms. The summed E-state index contributed by atoms with van der Waals surface area (Å²) in [5.41, 5.74) is 0.417. The van der Waals surface area contributed by atoms with E-state index in [-0.39, 0.29) is 0 Å². The van der Waals surface area contributed by atoms with Gasteiger partial charge >= 0.3 is 0 Å². The molecule has 82 valence electrons. The summed E-state index contributed by atoms with van der Waals surface area (Å²) >= 11 is 0. The van der Waals surface area contributed by atoms with Crippen LogP contribution >= 0.6 is 0 Å². The van der Waals surface area contributed by atoms with Crippen LogP contribution in [0.4, 0.5) is 0 Å². The molecule has 0 radical (unpaired) electrons. The van der Waals surface area contributed by atoms with E-state index >= 15 is 0 Å². The molecule has 14 heavy (non-hydrogen) atoms. The molecule has 2 aliphatic heterocycles. The average Bonchev–Trinajstić information content (AvgIpc) is 2.57. The van der Waals surface area contributed by atoms with Crippen LogP contribution in [0.5, 0.6) is 0 Å². The maximum absolute atomic E-state index is 3.65. The Balaban J connectivity index is 1.79. The SMILES string of the molecule is CC1CCN(CC2(C)CCCN2)CC1. The first-order valence-corrected chi connectivity index (χ1v) is 6.15. The summed E-state index contributed by atoms with van der Waals surface area (Å²) in [7, 11) is 0. The Morgan fingerprint density at radius 2 is 2.07 bits per heavy atom. The molecule has 2 heterocycles. The van der Waals surface area contributed by atoms with Gasteiger partial charge in [0.25, 0.3) is 0 Å². The summed E-state index contributed by atoms with van der Waals surface area (Å²) in [6, 6.07) is 0. The molecule has 2 heteroatoms. The number of likely N-dealkylation sites (tertiary alicyclic amines) is 1. The van der Waals surface area contributed by atoms with Gasteiger partial charge in [-0.05, 0) is 58.2 Å². The zero-order chi connectivity index (χ0) is 10.0. The van der Waals surface area contributed by atoms with Crippen LogP contribution in [0.2, 0.25) is 0 Å². The zero-order valence-corrected chi connectivity index (χ0v) is 9.68. The van der Waals surface area contributed by atoms with Gasteiger partial charge in [0, 0.05) is 12.1 Å². The van der Waals surface area contributed by atoms with E-state index in [1.54, 1.807) is 0 Å². The van der Waals surface area contributed by atoms with E-state index in [1.807, 2.05) is 0 Å². The Hall–Kier alpha value is -0.0800. The second-order valence-electron chi connectivity index (χ2n) is 5.55. The van der Waals surface area contributed by atoms with Crippen LogP contribution in [0, 0.1) is 5.92 Å². The number of rotatable bonds is 2. The Labute approximate surface area is 88.1 Å². The highest BCUT2D eigenvalue weighted by Gasteiger charge is 2.30. The third kappa shape index (κ3) is 2.48. The zero-order valence-electron chi connectivity index (χ0n) is 9.68. The van der Waals surface area contributed by atoms with E-state index in [4.69, 9.17) is 0 Å². The fraction of sp³-hybridized carbons (Fsp3) is 1.00. The number of hydrogen-bond acceptors (Lipinski definition) is 2. The number of nitrogens with zero attached hydrogens (tertiary/aromatic N) is 1. The van der Waals surface area contributed by atoms with Gasteiger partial charge < -0.3 is 10.2 Å². The number of piperidine rings is 1. The lowest BCUT2D eigenvalue weighted by atomic mass is 9.95. The highest BCUT2D eigenvalue weighted by atomic mass is 15.2. The summed E-state index contributed by atoms with van der Waals surface area (Å²) in [6.07, 6.45) is 5.52. The second-order valence-corrected chi connectivity index (χ2v) is 5.55. The Morgan fingerprint density at radius 3 is 2.64 bits per heavy atom. The van der Waals surface area contributed by atoms with Gasteiger partial charge in [0.1, 0.15) is 0 Å². The first-order chi connectivity index (χ1) is 6.68. The van der Waals surface area contributed by atoms with Crippen LogP contribution in [-0.2, 0) is 0 Å². The van der Waals surface area contributed by atoms with Crippen LogP contribution in [0.1, 0.15) is 39.5 Å². The third-order valence-electron chi connectivity index (χ3n) is 3.91. The van der Waals surface area contributed by atoms with Gasteiger partial charge in [0.05, 0.1) is 0 Å². The van der Waals surface area contributed by atoms with Gasteiger partial charge in [-0.2, -0.15) is 0 Å². The molecule has 0 aromatic carbocycles. The smallest absolute Gasteiger partial charge is 0.0280 e. The standard InChI is InChI=1S/C12H24N2/c1-11-4-8-14(9-5-11)10-12(2)6-3-7-13-12/h11,13H,3-10H2,1-2H3. The third-order valence-corrected chi connectivity index (χ3v) is 3.91. The minimum Gasteiger partial charge on any atom is -0.310 e. The molecule has 0 saturated carbocycles. The molecule has 1 N–H and O–H groups in total. The maximum Gasteiger partial charge on any atom is 0.0280 e. The number of nitrogens with one attached hydrogen (secondary N) is 1. The fourth-order valence-electron chi connectivity index (χ4n) is 2.81. The van der Waals surface area contributed by atoms with Crippen LogP contribution in [-0.4, -0.2) is 36.6 Å². The Morgan fingerprint density at radius 1 is 1.36 bits per heavy atom. The van der Waals surface area contributed by atoms with Gasteiger partial charge in [-0.3, -0.25) is 0 Å². The molecule has 0 bridgehead atoms. The first kappa shape index (κ1) is 10.4. The maximum atomic E-state index is 3.65. The average molecular weight is 196 g/mol. The Kier molecular flexibility index (Phi) is 3.13. The highest BCUT2D eigenvalue weighted by molar-refractivity contribution is 4.92. The minimum atomic E-state index is 0.417. The molecule has 0 aliphatic carbocycles. The van der Waals surface area contributed by atoms with Crippen molar-refractivity contribution < 1.29 is 0 Å². The van der Waals surface area contributed by atoms with Gasteiger partial charge in [-0.15, -0.1) is 0 Å². The fourth-order valence-corrected chi connectivity index (χ4v) is 2.81. The predicted octanol–water partition coefficient (Wildman–Crippen LogP) is 1.86. The molecule has 2 saturated heterocycles. The van der Waals surface area contributed by atoms with Crippen LogP contribution < -0.4 is 5.32 Å². The molecular weight excluding hydrogens is 172 g/mol. The largest absolute Gasteiger partial charge is 0.310 e. The Bertz CT molecular complexity index is 177. The van der Waals surface area contributed by atoms with Crippen molar-refractivity contribution in [1.29, 1.82) is 0 Å². The molecule has 0 amide bonds. The highest BCUT2D eigenvalue weighted by Crippen LogP contribution is 2.23. The van der Waals surface area contributed by atoms with Gasteiger partial charge in [-0.1, -0.05) is 6.92 Å². The van der Waals surface area contributed by atoms with Crippen LogP contribution in [0.15, 0.2) is 0 Å². The second kappa shape index (κ2) is 4.19. The van der Waals surface area contributed by atoms with Crippen molar-refractivity contribution in [3.05, 3.63) is 0 Å². The van der Waals surface area contributed by atoms with Crippen molar-refractivity contribution in [3.63, 3.8) is 0 Å². The lowest BCUT2D eigenvalue weighted by Crippen LogP contribution is -2.49. The van der Waals surface area contributed by atoms with Gasteiger partial charge in [-0.25, -0.2) is 0 Å². The van der Waals surface area contributed by atoms with Crippen molar-refractivity contribution >= 4 is 0 Å². The van der Waals surface area contributed by atoms with Crippen molar-refractivity contribution in [1.82, 2.24) is 10.2 Å². The molecule has 0 aromatic heterocycles. The lowest BCUT2D eigenvalue weighted by molar-refractivity contribution is 0.151. The van der Waals surface area contributed by atoms with Crippen molar-refractivity contribution in [2.24, 2.45) is 5.92 Å². The lowest BCUT2D eigenvalue weighted by Gasteiger charge is -2.36. The van der Waals surface area contributed by atoms with E-state index in [2.05, 4.69) is 24.1 Å². The summed E-state index contributed by atoms with van der Waals surface area (Å²) in [6.45, 7) is 9.89. The predicted molar refractivity (Wildman–Crippen MR) is 60.5 cm³/mol. The minimum absolute atomic E-state index is 0.417. The summed E-state index contributed by atoms with van der Waals surface area (Å²) in [4.78, 5) is 2.65. The van der Waals surface area contributed by atoms with E-state index in [0.29, 0.717) is 5.54 Å². The van der Waals surface area contributed by atoms with Gasteiger partial charge in [0.2, 0.25) is 0 Å². The van der Waals surface area contributed by atoms with Crippen LogP contribution in [0.3, 0.4) is 0 Å². The molecule has 2 fully saturated rings. The molecule has 2 rings (SSSR count). The molecule has 2 nitrogen and oxygen atoms in total. The molecule has 1 atom stereocenters. The monoisotopic (exact) mass is 196 g/mol. The van der Waals surface area contributed by atoms with E-state index in [0.717, 1.165) is 5.92 Å². The molecule has 2 aliphatic rings. The van der Waals surface area contributed by atoms with Crippen molar-refractivity contribution in [2.75, 3.05) is 26.2 Å². The first-order valence-electron chi connectivity index (χ1n) is 6.15. The van der Waals surface area contributed by atoms with E-state index < -0.39 is 0 Å². The van der Waals surface area contributed by atoms with E-state index in [1.165, 1.54) is 51.9 Å². The topological polar surface area (TPSA) is 15.3 Å². The molecule has 0 aromatic rings. The molecular formula is C12H24N2. The normalized spacial score (nSPS) is 36.4. The summed E-state index contributed by atoms with van der Waals surface area (Å²) in [5.74, 6) is 0.954. The van der Waals surface area contributed by atoms with Crippen LogP contribution in [0.25, 0.3) is 0 Å².